The molecule has 0 spiro atoms. The Bertz CT molecular complexity index is 974. The maximum atomic E-state index is 13.0. The summed E-state index contributed by atoms with van der Waals surface area (Å²) in [6, 6.07) is 10.3. The number of sulfone groups is 1. The number of carbonyl (C=O) groups excluding carboxylic acids is 1. The van der Waals surface area contributed by atoms with Crippen molar-refractivity contribution in [1.29, 1.82) is 0 Å². The van der Waals surface area contributed by atoms with Crippen molar-refractivity contribution in [2.75, 3.05) is 47.9 Å². The summed E-state index contributed by atoms with van der Waals surface area (Å²) in [4.78, 5) is 20.8. The molecule has 2 aliphatic rings. The van der Waals surface area contributed by atoms with Crippen molar-refractivity contribution in [3.05, 3.63) is 54.0 Å². The first kappa shape index (κ1) is 20.6. The van der Waals surface area contributed by atoms with Gasteiger partial charge in [-0.3, -0.25) is 4.79 Å². The van der Waals surface area contributed by atoms with Gasteiger partial charge in [0.2, 0.25) is 0 Å². The Hall–Kier alpha value is -2.68. The van der Waals surface area contributed by atoms with Gasteiger partial charge in [0.1, 0.15) is 11.6 Å². The lowest BCUT2D eigenvalue weighted by molar-refractivity contribution is 0.0770. The topological polar surface area (TPSA) is 82.6 Å². The minimum atomic E-state index is -3.02. The van der Waals surface area contributed by atoms with Crippen LogP contribution in [0, 0.1) is 5.82 Å². The first-order chi connectivity index (χ1) is 14.4. The second kappa shape index (κ2) is 8.59. The van der Waals surface area contributed by atoms with E-state index in [0.29, 0.717) is 11.6 Å². The quantitative estimate of drug-likeness (QED) is 0.798. The summed E-state index contributed by atoms with van der Waals surface area (Å²) in [6.07, 6.45) is 3.44. The highest BCUT2D eigenvalue weighted by Gasteiger charge is 2.26. The fourth-order valence-electron chi connectivity index (χ4n) is 3.83. The molecular formula is C21H25FN4O3S. The maximum absolute atomic E-state index is 13.0. The van der Waals surface area contributed by atoms with Crippen LogP contribution in [0.4, 0.5) is 15.9 Å². The number of hydrogen-bond acceptors (Lipinski definition) is 6. The monoisotopic (exact) mass is 432 g/mol. The fraction of sp³-hybridized carbons (Fsp3) is 0.429. The number of rotatable bonds is 4. The Morgan fingerprint density at radius 1 is 1.00 bits per heavy atom. The molecule has 30 heavy (non-hydrogen) atoms. The van der Waals surface area contributed by atoms with Gasteiger partial charge in [0.05, 0.1) is 17.1 Å². The third kappa shape index (κ3) is 4.89. The van der Waals surface area contributed by atoms with E-state index in [1.807, 2.05) is 6.07 Å². The summed E-state index contributed by atoms with van der Waals surface area (Å²) in [7, 11) is -3.02. The molecule has 1 aromatic carbocycles. The van der Waals surface area contributed by atoms with Crippen molar-refractivity contribution >= 4 is 27.2 Å². The summed E-state index contributed by atoms with van der Waals surface area (Å²) in [6.45, 7) is 2.14. The van der Waals surface area contributed by atoms with Gasteiger partial charge in [0, 0.05) is 44.1 Å². The van der Waals surface area contributed by atoms with Crippen molar-refractivity contribution in [2.45, 2.75) is 18.9 Å². The Morgan fingerprint density at radius 3 is 2.27 bits per heavy atom. The molecule has 2 saturated heterocycles. The zero-order valence-electron chi connectivity index (χ0n) is 16.6. The molecule has 1 aromatic heterocycles. The molecule has 0 aliphatic carbocycles. The predicted octanol–water partition coefficient (Wildman–Crippen LogP) is 2.17. The van der Waals surface area contributed by atoms with Crippen LogP contribution < -0.4 is 10.2 Å². The van der Waals surface area contributed by atoms with E-state index in [1.54, 1.807) is 29.3 Å². The van der Waals surface area contributed by atoms with Crippen LogP contribution in [0.2, 0.25) is 0 Å². The summed E-state index contributed by atoms with van der Waals surface area (Å²) < 4.78 is 36.1. The number of aromatic nitrogens is 1. The molecular weight excluding hydrogens is 407 g/mol. The van der Waals surface area contributed by atoms with Gasteiger partial charge in [-0.25, -0.2) is 17.8 Å². The molecule has 0 radical (unpaired) electrons. The zero-order chi connectivity index (χ0) is 21.1. The van der Waals surface area contributed by atoms with Crippen LogP contribution in [-0.4, -0.2) is 67.9 Å². The first-order valence-corrected chi connectivity index (χ1v) is 11.9. The molecule has 2 fully saturated rings. The average molecular weight is 433 g/mol. The Labute approximate surface area is 175 Å². The number of halogens is 1. The summed E-state index contributed by atoms with van der Waals surface area (Å²) in [5.74, 6) is 0.448. The average Bonchev–Trinajstić information content (AvgIpc) is 2.76. The molecule has 0 atom stereocenters. The van der Waals surface area contributed by atoms with E-state index >= 15 is 0 Å². The van der Waals surface area contributed by atoms with E-state index in [-0.39, 0.29) is 36.3 Å². The molecule has 2 aromatic rings. The summed E-state index contributed by atoms with van der Waals surface area (Å²) in [5, 5.41) is 3.44. The highest BCUT2D eigenvalue weighted by molar-refractivity contribution is 7.91. The molecule has 9 heteroatoms. The second-order valence-corrected chi connectivity index (χ2v) is 10.1. The predicted molar refractivity (Wildman–Crippen MR) is 114 cm³/mol. The van der Waals surface area contributed by atoms with Crippen LogP contribution in [0.5, 0.6) is 0 Å². The highest BCUT2D eigenvalue weighted by Crippen LogP contribution is 2.21. The maximum Gasteiger partial charge on any atom is 0.255 e. The number of piperidine rings is 1. The minimum absolute atomic E-state index is 0.0190. The fourth-order valence-corrected chi connectivity index (χ4v) is 5.03. The number of nitrogens with one attached hydrogen (secondary N) is 1. The molecule has 7 nitrogen and oxygen atoms in total. The SMILES string of the molecule is O=C(c1ccc(N2CCC(Nc3ccc(F)cc3)CC2)nc1)N1CCS(=O)(=O)CC1. The summed E-state index contributed by atoms with van der Waals surface area (Å²) in [5.41, 5.74) is 1.40. The molecule has 160 valence electrons. The van der Waals surface area contributed by atoms with Gasteiger partial charge in [-0.1, -0.05) is 0 Å². The first-order valence-electron chi connectivity index (χ1n) is 10.1. The number of benzene rings is 1. The Morgan fingerprint density at radius 2 is 1.67 bits per heavy atom. The van der Waals surface area contributed by atoms with Gasteiger partial charge >= 0.3 is 0 Å². The van der Waals surface area contributed by atoms with Gasteiger partial charge in [0.25, 0.3) is 5.91 Å². The molecule has 1 amide bonds. The largest absolute Gasteiger partial charge is 0.382 e. The van der Waals surface area contributed by atoms with Crippen LogP contribution in [0.15, 0.2) is 42.6 Å². The van der Waals surface area contributed by atoms with Crippen molar-refractivity contribution in [1.82, 2.24) is 9.88 Å². The van der Waals surface area contributed by atoms with E-state index in [1.165, 1.54) is 12.1 Å². The van der Waals surface area contributed by atoms with Gasteiger partial charge in [-0.2, -0.15) is 0 Å². The summed E-state index contributed by atoms with van der Waals surface area (Å²) >= 11 is 0. The normalized spacial score (nSPS) is 19.5. The number of pyridine rings is 1. The lowest BCUT2D eigenvalue weighted by atomic mass is 10.0. The van der Waals surface area contributed by atoms with Crippen molar-refractivity contribution in [3.8, 4) is 0 Å². The lowest BCUT2D eigenvalue weighted by Crippen LogP contribution is -2.43. The lowest BCUT2D eigenvalue weighted by Gasteiger charge is -2.33. The van der Waals surface area contributed by atoms with Crippen LogP contribution in [0.1, 0.15) is 23.2 Å². The van der Waals surface area contributed by atoms with E-state index in [0.717, 1.165) is 37.4 Å². The molecule has 4 rings (SSSR count). The number of carbonyl (C=O) groups is 1. The molecule has 1 N–H and O–H groups in total. The van der Waals surface area contributed by atoms with E-state index in [4.69, 9.17) is 0 Å². The van der Waals surface area contributed by atoms with Crippen LogP contribution >= 0.6 is 0 Å². The van der Waals surface area contributed by atoms with Gasteiger partial charge in [-0.05, 0) is 49.2 Å². The standard InChI is InChI=1S/C21H25FN4O3S/c22-17-2-4-18(5-3-17)24-19-7-9-25(10-8-19)20-6-1-16(15-23-20)21(27)26-11-13-30(28,29)14-12-26/h1-6,15,19,24H,7-14H2. The molecule has 2 aliphatic heterocycles. The molecule has 0 bridgehead atoms. The van der Waals surface area contributed by atoms with E-state index < -0.39 is 9.84 Å². The minimum Gasteiger partial charge on any atom is -0.382 e. The third-order valence-electron chi connectivity index (χ3n) is 5.66. The smallest absolute Gasteiger partial charge is 0.255 e. The van der Waals surface area contributed by atoms with E-state index in [9.17, 15) is 17.6 Å². The van der Waals surface area contributed by atoms with Crippen LogP contribution in [0.3, 0.4) is 0 Å². The zero-order valence-corrected chi connectivity index (χ0v) is 17.4. The number of nitrogens with zero attached hydrogens (tertiary/aromatic N) is 3. The molecule has 0 unspecified atom stereocenters. The number of anilines is 2. The van der Waals surface area contributed by atoms with Crippen LogP contribution in [0.25, 0.3) is 0 Å². The molecule has 0 saturated carbocycles. The van der Waals surface area contributed by atoms with Gasteiger partial charge in [-0.15, -0.1) is 0 Å². The van der Waals surface area contributed by atoms with Crippen molar-refractivity contribution in [2.24, 2.45) is 0 Å². The highest BCUT2D eigenvalue weighted by atomic mass is 32.2. The van der Waals surface area contributed by atoms with Crippen molar-refractivity contribution < 1.29 is 17.6 Å². The van der Waals surface area contributed by atoms with Gasteiger partial charge in [0.15, 0.2) is 9.84 Å². The number of hydrogen-bond donors (Lipinski definition) is 1. The Kier molecular flexibility index (Phi) is 5.90. The van der Waals surface area contributed by atoms with E-state index in [2.05, 4.69) is 15.2 Å². The second-order valence-electron chi connectivity index (χ2n) is 7.76. The third-order valence-corrected chi connectivity index (χ3v) is 7.27. The van der Waals surface area contributed by atoms with Crippen molar-refractivity contribution in [3.63, 3.8) is 0 Å². The van der Waals surface area contributed by atoms with Crippen LogP contribution in [-0.2, 0) is 9.84 Å². The van der Waals surface area contributed by atoms with Gasteiger partial charge < -0.3 is 15.1 Å². The number of amides is 1. The Balaban J connectivity index is 1.30. The molecule has 3 heterocycles.